The van der Waals surface area contributed by atoms with E-state index in [1.54, 1.807) is 0 Å². The van der Waals surface area contributed by atoms with Crippen molar-refractivity contribution < 1.29 is 19.0 Å². The molecular formula is C5H6O4. The van der Waals surface area contributed by atoms with Crippen LogP contribution in [-0.4, -0.2) is 31.6 Å². The first-order chi connectivity index (χ1) is 4.36. The lowest BCUT2D eigenvalue weighted by molar-refractivity contribution is -0.184. The first-order valence-corrected chi connectivity index (χ1v) is 2.80. The molecule has 2 heterocycles. The Hall–Kier alpha value is -0.610. The molecule has 0 aromatic heterocycles. The van der Waals surface area contributed by atoms with Crippen LogP contribution in [0, 0.1) is 0 Å². The Morgan fingerprint density at radius 2 is 2.33 bits per heavy atom. The van der Waals surface area contributed by atoms with Crippen molar-refractivity contribution in [2.75, 3.05) is 13.2 Å². The monoisotopic (exact) mass is 130 g/mol. The van der Waals surface area contributed by atoms with Crippen LogP contribution in [0.1, 0.15) is 0 Å². The number of ether oxygens (including phenoxy) is 3. The Bertz CT molecular complexity index is 144. The lowest BCUT2D eigenvalue weighted by Crippen LogP contribution is -2.33. The van der Waals surface area contributed by atoms with Crippen molar-refractivity contribution in [3.63, 3.8) is 0 Å². The maximum Gasteiger partial charge on any atom is 0.338 e. The molecule has 0 radical (unpaired) electrons. The van der Waals surface area contributed by atoms with Gasteiger partial charge in [-0.25, -0.2) is 4.79 Å². The Balaban J connectivity index is 2.14. The molecule has 2 bridgehead atoms. The molecule has 0 aromatic rings. The number of carbonyl (C=O) groups is 1. The summed E-state index contributed by atoms with van der Waals surface area (Å²) in [4.78, 5) is 10.6. The number of carbonyl (C=O) groups excluding carboxylic acids is 1. The van der Waals surface area contributed by atoms with Gasteiger partial charge < -0.3 is 14.2 Å². The molecule has 0 amide bonds. The minimum absolute atomic E-state index is 0.245. The first kappa shape index (κ1) is 5.20. The summed E-state index contributed by atoms with van der Waals surface area (Å²) in [6.45, 7) is 0.596. The zero-order valence-corrected chi connectivity index (χ0v) is 4.70. The summed E-state index contributed by atoms with van der Waals surface area (Å²) in [5.41, 5.74) is 0. The zero-order chi connectivity index (χ0) is 6.27. The van der Waals surface area contributed by atoms with Gasteiger partial charge in [-0.3, -0.25) is 0 Å². The fourth-order valence-corrected chi connectivity index (χ4v) is 0.911. The van der Waals surface area contributed by atoms with E-state index in [2.05, 4.69) is 4.74 Å². The van der Waals surface area contributed by atoms with Gasteiger partial charge in [0.2, 0.25) is 0 Å². The van der Waals surface area contributed by atoms with Gasteiger partial charge >= 0.3 is 5.97 Å². The summed E-state index contributed by atoms with van der Waals surface area (Å²) in [6.07, 6.45) is -0.753. The molecule has 0 saturated carbocycles. The molecule has 2 atom stereocenters. The highest BCUT2D eigenvalue weighted by Crippen LogP contribution is 2.17. The summed E-state index contributed by atoms with van der Waals surface area (Å²) >= 11 is 0. The van der Waals surface area contributed by atoms with E-state index in [0.717, 1.165) is 0 Å². The number of fused-ring (bicyclic) bond motifs is 2. The van der Waals surface area contributed by atoms with E-state index in [0.29, 0.717) is 6.61 Å². The highest BCUT2D eigenvalue weighted by molar-refractivity contribution is 5.75. The molecule has 4 nitrogen and oxygen atoms in total. The van der Waals surface area contributed by atoms with Gasteiger partial charge in [0.25, 0.3) is 0 Å². The highest BCUT2D eigenvalue weighted by atomic mass is 16.8. The van der Waals surface area contributed by atoms with Crippen molar-refractivity contribution in [3.8, 4) is 0 Å². The van der Waals surface area contributed by atoms with Crippen molar-refractivity contribution in [1.29, 1.82) is 0 Å². The van der Waals surface area contributed by atoms with Gasteiger partial charge in [0.15, 0.2) is 12.4 Å². The van der Waals surface area contributed by atoms with Crippen molar-refractivity contribution >= 4 is 5.97 Å². The lowest BCUT2D eigenvalue weighted by atomic mass is 10.4. The Morgan fingerprint density at radius 1 is 1.44 bits per heavy atom. The van der Waals surface area contributed by atoms with E-state index < -0.39 is 6.10 Å². The molecule has 2 aliphatic heterocycles. The summed E-state index contributed by atoms with van der Waals surface area (Å²) in [5, 5.41) is 0. The quantitative estimate of drug-likeness (QED) is 0.406. The minimum atomic E-state index is -0.455. The second-order valence-electron chi connectivity index (χ2n) is 2.02. The van der Waals surface area contributed by atoms with Gasteiger partial charge in [-0.05, 0) is 0 Å². The Kier molecular flexibility index (Phi) is 0.972. The first-order valence-electron chi connectivity index (χ1n) is 2.80. The second-order valence-corrected chi connectivity index (χ2v) is 2.02. The van der Waals surface area contributed by atoms with Crippen LogP contribution in [0.2, 0.25) is 0 Å². The van der Waals surface area contributed by atoms with E-state index in [1.807, 2.05) is 0 Å². The number of hydrogen-bond donors (Lipinski definition) is 0. The lowest BCUT2D eigenvalue weighted by Gasteiger charge is -2.16. The third-order valence-electron chi connectivity index (χ3n) is 1.37. The largest absolute Gasteiger partial charge is 0.458 e. The van der Waals surface area contributed by atoms with Gasteiger partial charge in [-0.15, -0.1) is 0 Å². The van der Waals surface area contributed by atoms with Crippen LogP contribution in [0.15, 0.2) is 0 Å². The van der Waals surface area contributed by atoms with Crippen molar-refractivity contribution in [2.45, 2.75) is 12.4 Å². The van der Waals surface area contributed by atoms with E-state index in [1.165, 1.54) is 0 Å². The molecule has 4 heteroatoms. The third-order valence-corrected chi connectivity index (χ3v) is 1.37. The molecule has 50 valence electrons. The van der Waals surface area contributed by atoms with Crippen LogP contribution in [0.4, 0.5) is 0 Å². The average molecular weight is 130 g/mol. The molecule has 0 aliphatic carbocycles. The van der Waals surface area contributed by atoms with Crippen LogP contribution < -0.4 is 0 Å². The molecular weight excluding hydrogens is 124 g/mol. The number of cyclic esters (lactones) is 1. The van der Waals surface area contributed by atoms with Gasteiger partial charge in [0.1, 0.15) is 6.61 Å². The smallest absolute Gasteiger partial charge is 0.338 e. The standard InChI is InChI=1S/C5H6O4/c6-5-3-1-7-4(9-3)2-8-5/h3-4H,1-2H2/t3-,4-/m1/s1. The van der Waals surface area contributed by atoms with Crippen LogP contribution in [-0.2, 0) is 19.0 Å². The molecule has 2 aliphatic rings. The average Bonchev–Trinajstić information content (AvgIpc) is 2.25. The SMILES string of the molecule is O=C1OC[C@@H]2OC[C@H]1O2. The van der Waals surface area contributed by atoms with E-state index in [-0.39, 0.29) is 18.9 Å². The van der Waals surface area contributed by atoms with Gasteiger partial charge in [0.05, 0.1) is 6.61 Å². The summed E-state index contributed by atoms with van der Waals surface area (Å²) in [6, 6.07) is 0. The Morgan fingerprint density at radius 3 is 3.11 bits per heavy atom. The molecule has 0 unspecified atom stereocenters. The predicted molar refractivity (Wildman–Crippen MR) is 25.6 cm³/mol. The van der Waals surface area contributed by atoms with E-state index >= 15 is 0 Å². The molecule has 2 saturated heterocycles. The van der Waals surface area contributed by atoms with Crippen molar-refractivity contribution in [3.05, 3.63) is 0 Å². The number of hydrogen-bond acceptors (Lipinski definition) is 4. The molecule has 0 spiro atoms. The van der Waals surface area contributed by atoms with Crippen molar-refractivity contribution in [1.82, 2.24) is 0 Å². The number of esters is 1. The molecule has 2 fully saturated rings. The summed E-state index contributed by atoms with van der Waals surface area (Å²) in [5.74, 6) is -0.302. The fourth-order valence-electron chi connectivity index (χ4n) is 0.911. The van der Waals surface area contributed by atoms with Gasteiger partial charge in [-0.2, -0.15) is 0 Å². The van der Waals surface area contributed by atoms with Crippen LogP contribution >= 0.6 is 0 Å². The molecule has 0 aromatic carbocycles. The Labute approximate surface area is 51.7 Å². The van der Waals surface area contributed by atoms with E-state index in [4.69, 9.17) is 9.47 Å². The molecule has 9 heavy (non-hydrogen) atoms. The molecule has 0 N–H and O–H groups in total. The van der Waals surface area contributed by atoms with Gasteiger partial charge in [0, 0.05) is 0 Å². The van der Waals surface area contributed by atoms with Crippen LogP contribution in [0.3, 0.4) is 0 Å². The minimum Gasteiger partial charge on any atom is -0.458 e. The zero-order valence-electron chi connectivity index (χ0n) is 4.70. The van der Waals surface area contributed by atoms with Crippen LogP contribution in [0.25, 0.3) is 0 Å². The topological polar surface area (TPSA) is 44.8 Å². The van der Waals surface area contributed by atoms with Crippen LogP contribution in [0.5, 0.6) is 0 Å². The fraction of sp³-hybridized carbons (Fsp3) is 0.800. The normalized spacial score (nSPS) is 40.7. The van der Waals surface area contributed by atoms with Crippen molar-refractivity contribution in [2.24, 2.45) is 0 Å². The summed E-state index contributed by atoms with van der Waals surface area (Å²) < 4.78 is 14.7. The van der Waals surface area contributed by atoms with E-state index in [9.17, 15) is 4.79 Å². The van der Waals surface area contributed by atoms with Gasteiger partial charge in [-0.1, -0.05) is 0 Å². The highest BCUT2D eigenvalue weighted by Gasteiger charge is 2.38. The molecule has 2 rings (SSSR count). The predicted octanol–water partition coefficient (Wildman–Crippen LogP) is -0.715. The maximum absolute atomic E-state index is 10.6. The summed E-state index contributed by atoms with van der Waals surface area (Å²) in [7, 11) is 0. The maximum atomic E-state index is 10.6. The second kappa shape index (κ2) is 1.68. The number of rotatable bonds is 0. The third kappa shape index (κ3) is 0.710.